The molecule has 78 valence electrons. The molecule has 0 aromatic rings. The van der Waals surface area contributed by atoms with E-state index in [0.717, 1.165) is 25.8 Å². The van der Waals surface area contributed by atoms with E-state index in [9.17, 15) is 4.79 Å². The average Bonchev–Trinajstić information content (AvgIpc) is 2.14. The van der Waals surface area contributed by atoms with Crippen LogP contribution in [0.15, 0.2) is 0 Å². The number of ether oxygens (including phenoxy) is 1. The van der Waals surface area contributed by atoms with Gasteiger partial charge < -0.3 is 10.1 Å². The van der Waals surface area contributed by atoms with Gasteiger partial charge in [-0.05, 0) is 19.8 Å². The van der Waals surface area contributed by atoms with Crippen LogP contribution >= 0.6 is 0 Å². The SMILES string of the molecule is CCCCNC(=O)CCC(C)OC. The highest BCUT2D eigenvalue weighted by molar-refractivity contribution is 5.75. The Morgan fingerprint density at radius 3 is 2.77 bits per heavy atom. The molecule has 0 rings (SSSR count). The summed E-state index contributed by atoms with van der Waals surface area (Å²) in [6.07, 6.45) is 3.73. The van der Waals surface area contributed by atoms with Crippen LogP contribution in [0.2, 0.25) is 0 Å². The van der Waals surface area contributed by atoms with Crippen LogP contribution in [-0.2, 0) is 9.53 Å². The molecule has 3 heteroatoms. The quantitative estimate of drug-likeness (QED) is 0.616. The lowest BCUT2D eigenvalue weighted by Crippen LogP contribution is -2.25. The van der Waals surface area contributed by atoms with Gasteiger partial charge in [0.15, 0.2) is 0 Å². The summed E-state index contributed by atoms with van der Waals surface area (Å²) in [5.74, 6) is 0.136. The first-order valence-corrected chi connectivity index (χ1v) is 5.00. The topological polar surface area (TPSA) is 38.3 Å². The predicted molar refractivity (Wildman–Crippen MR) is 53.6 cm³/mol. The molecular weight excluding hydrogens is 166 g/mol. The Kier molecular flexibility index (Phi) is 7.69. The fourth-order valence-corrected chi connectivity index (χ4v) is 0.945. The number of unbranched alkanes of at least 4 members (excludes halogenated alkanes) is 1. The smallest absolute Gasteiger partial charge is 0.220 e. The van der Waals surface area contributed by atoms with Crippen LogP contribution in [0.5, 0.6) is 0 Å². The Hall–Kier alpha value is -0.570. The van der Waals surface area contributed by atoms with Crippen molar-refractivity contribution in [1.29, 1.82) is 0 Å². The fraction of sp³-hybridized carbons (Fsp3) is 0.900. The van der Waals surface area contributed by atoms with Crippen molar-refractivity contribution in [3.63, 3.8) is 0 Å². The van der Waals surface area contributed by atoms with Gasteiger partial charge in [0.25, 0.3) is 0 Å². The molecule has 0 spiro atoms. The molecule has 13 heavy (non-hydrogen) atoms. The van der Waals surface area contributed by atoms with Crippen LogP contribution < -0.4 is 5.32 Å². The summed E-state index contributed by atoms with van der Waals surface area (Å²) in [4.78, 5) is 11.2. The molecule has 0 aliphatic rings. The third kappa shape index (κ3) is 7.78. The Morgan fingerprint density at radius 2 is 2.23 bits per heavy atom. The van der Waals surface area contributed by atoms with Crippen molar-refractivity contribution in [2.75, 3.05) is 13.7 Å². The summed E-state index contributed by atoms with van der Waals surface area (Å²) in [6.45, 7) is 4.88. The van der Waals surface area contributed by atoms with E-state index in [1.165, 1.54) is 0 Å². The largest absolute Gasteiger partial charge is 0.382 e. The van der Waals surface area contributed by atoms with Crippen LogP contribution in [0.25, 0.3) is 0 Å². The molecule has 1 N–H and O–H groups in total. The molecule has 0 aromatic heterocycles. The second kappa shape index (κ2) is 8.05. The minimum absolute atomic E-state index is 0.136. The maximum absolute atomic E-state index is 11.2. The van der Waals surface area contributed by atoms with E-state index < -0.39 is 0 Å². The number of carbonyl (C=O) groups excluding carboxylic acids is 1. The van der Waals surface area contributed by atoms with Crippen molar-refractivity contribution >= 4 is 5.91 Å². The Labute approximate surface area is 80.8 Å². The third-order valence-corrected chi connectivity index (χ3v) is 2.03. The monoisotopic (exact) mass is 187 g/mol. The number of nitrogens with one attached hydrogen (secondary N) is 1. The maximum Gasteiger partial charge on any atom is 0.220 e. The van der Waals surface area contributed by atoms with Gasteiger partial charge in [-0.1, -0.05) is 13.3 Å². The first-order valence-electron chi connectivity index (χ1n) is 5.00. The fourth-order valence-electron chi connectivity index (χ4n) is 0.945. The molecule has 0 bridgehead atoms. The van der Waals surface area contributed by atoms with Crippen LogP contribution in [0.3, 0.4) is 0 Å². The normalized spacial score (nSPS) is 12.5. The second-order valence-corrected chi connectivity index (χ2v) is 3.29. The second-order valence-electron chi connectivity index (χ2n) is 3.29. The first-order chi connectivity index (χ1) is 6.20. The summed E-state index contributed by atoms with van der Waals surface area (Å²) in [6, 6.07) is 0. The van der Waals surface area contributed by atoms with E-state index in [1.54, 1.807) is 7.11 Å². The first kappa shape index (κ1) is 12.4. The molecule has 0 aliphatic heterocycles. The zero-order chi connectivity index (χ0) is 10.1. The Morgan fingerprint density at radius 1 is 1.54 bits per heavy atom. The van der Waals surface area contributed by atoms with Gasteiger partial charge in [-0.15, -0.1) is 0 Å². The molecule has 0 radical (unpaired) electrons. The number of methoxy groups -OCH3 is 1. The van der Waals surface area contributed by atoms with Gasteiger partial charge in [-0.2, -0.15) is 0 Å². The number of carbonyl (C=O) groups is 1. The van der Waals surface area contributed by atoms with E-state index in [2.05, 4.69) is 12.2 Å². The maximum atomic E-state index is 11.2. The van der Waals surface area contributed by atoms with Gasteiger partial charge in [0, 0.05) is 20.1 Å². The zero-order valence-corrected chi connectivity index (χ0v) is 8.93. The Balaban J connectivity index is 3.30. The van der Waals surface area contributed by atoms with Gasteiger partial charge in [0.1, 0.15) is 0 Å². The van der Waals surface area contributed by atoms with E-state index in [1.807, 2.05) is 6.92 Å². The molecule has 1 amide bonds. The van der Waals surface area contributed by atoms with E-state index >= 15 is 0 Å². The summed E-state index contributed by atoms with van der Waals surface area (Å²) >= 11 is 0. The lowest BCUT2D eigenvalue weighted by Gasteiger charge is -2.08. The van der Waals surface area contributed by atoms with Crippen molar-refractivity contribution in [1.82, 2.24) is 5.32 Å². The highest BCUT2D eigenvalue weighted by Gasteiger charge is 2.04. The van der Waals surface area contributed by atoms with Crippen LogP contribution in [0.1, 0.15) is 39.5 Å². The van der Waals surface area contributed by atoms with Gasteiger partial charge >= 0.3 is 0 Å². The summed E-state index contributed by atoms with van der Waals surface area (Å²) in [5.41, 5.74) is 0. The van der Waals surface area contributed by atoms with Crippen molar-refractivity contribution < 1.29 is 9.53 Å². The van der Waals surface area contributed by atoms with Gasteiger partial charge in [0.05, 0.1) is 6.10 Å². The van der Waals surface area contributed by atoms with Gasteiger partial charge in [-0.3, -0.25) is 4.79 Å². The molecule has 0 heterocycles. The number of rotatable bonds is 7. The van der Waals surface area contributed by atoms with Crippen molar-refractivity contribution in [2.24, 2.45) is 0 Å². The number of hydrogen-bond donors (Lipinski definition) is 1. The molecule has 0 aliphatic carbocycles. The van der Waals surface area contributed by atoms with Gasteiger partial charge in [0.2, 0.25) is 5.91 Å². The Bertz CT molecular complexity index is 137. The minimum atomic E-state index is 0.136. The van der Waals surface area contributed by atoms with Crippen LogP contribution in [0.4, 0.5) is 0 Å². The van der Waals surface area contributed by atoms with Crippen LogP contribution in [-0.4, -0.2) is 25.7 Å². The minimum Gasteiger partial charge on any atom is -0.382 e. The molecule has 1 atom stereocenters. The van der Waals surface area contributed by atoms with Crippen LogP contribution in [0, 0.1) is 0 Å². The third-order valence-electron chi connectivity index (χ3n) is 2.03. The van der Waals surface area contributed by atoms with E-state index in [-0.39, 0.29) is 12.0 Å². The average molecular weight is 187 g/mol. The summed E-state index contributed by atoms with van der Waals surface area (Å²) in [7, 11) is 1.67. The molecule has 0 saturated carbocycles. The molecule has 0 fully saturated rings. The highest BCUT2D eigenvalue weighted by atomic mass is 16.5. The lowest BCUT2D eigenvalue weighted by atomic mass is 10.2. The zero-order valence-electron chi connectivity index (χ0n) is 8.93. The molecule has 1 unspecified atom stereocenters. The molecule has 0 saturated heterocycles. The molecule has 0 aromatic carbocycles. The molecule has 3 nitrogen and oxygen atoms in total. The van der Waals surface area contributed by atoms with E-state index in [0.29, 0.717) is 6.42 Å². The van der Waals surface area contributed by atoms with Crippen molar-refractivity contribution in [3.05, 3.63) is 0 Å². The number of hydrogen-bond acceptors (Lipinski definition) is 2. The molecular formula is C10H21NO2. The van der Waals surface area contributed by atoms with Crippen molar-refractivity contribution in [2.45, 2.75) is 45.6 Å². The van der Waals surface area contributed by atoms with Crippen molar-refractivity contribution in [3.8, 4) is 0 Å². The summed E-state index contributed by atoms with van der Waals surface area (Å²) < 4.78 is 5.05. The van der Waals surface area contributed by atoms with Gasteiger partial charge in [-0.25, -0.2) is 0 Å². The standard InChI is InChI=1S/C10H21NO2/c1-4-5-8-11-10(12)7-6-9(2)13-3/h9H,4-8H2,1-3H3,(H,11,12). The van der Waals surface area contributed by atoms with E-state index in [4.69, 9.17) is 4.74 Å². The summed E-state index contributed by atoms with van der Waals surface area (Å²) in [5, 5.41) is 2.87. The number of amides is 1. The predicted octanol–water partition coefficient (Wildman–Crippen LogP) is 1.72. The lowest BCUT2D eigenvalue weighted by molar-refractivity contribution is -0.121. The highest BCUT2D eigenvalue weighted by Crippen LogP contribution is 1.99.